The Morgan fingerprint density at radius 3 is 1.69 bits per heavy atom. The van der Waals surface area contributed by atoms with Gasteiger partial charge in [-0.25, -0.2) is 8.42 Å². The van der Waals surface area contributed by atoms with Crippen LogP contribution in [0.2, 0.25) is 0 Å². The van der Waals surface area contributed by atoms with Crippen LogP contribution in [0, 0.1) is 0 Å². The minimum absolute atomic E-state index is 0.163. The first-order valence-corrected chi connectivity index (χ1v) is 10.4. The summed E-state index contributed by atoms with van der Waals surface area (Å²) in [6.07, 6.45) is 0. The molecule has 0 aliphatic rings. The van der Waals surface area contributed by atoms with Crippen LogP contribution in [0.3, 0.4) is 0 Å². The number of hydrogen-bond donors (Lipinski definition) is 1. The van der Waals surface area contributed by atoms with Crippen molar-refractivity contribution < 1.29 is 22.0 Å². The summed E-state index contributed by atoms with van der Waals surface area (Å²) < 4.78 is 48.5. The Morgan fingerprint density at radius 1 is 0.828 bits per heavy atom. The molecule has 0 aromatic heterocycles. The molecule has 0 heterocycles. The van der Waals surface area contributed by atoms with E-state index in [0.717, 1.165) is 23.3 Å². The van der Waals surface area contributed by atoms with Crippen molar-refractivity contribution in [3.63, 3.8) is 0 Å². The first-order chi connectivity index (χ1) is 13.7. The van der Waals surface area contributed by atoms with Gasteiger partial charge >= 0.3 is 5.76 Å². The molecule has 0 bridgehead atoms. The third-order valence-electron chi connectivity index (χ3n) is 4.75. The number of halogens is 2. The van der Waals surface area contributed by atoms with E-state index in [4.69, 9.17) is 0 Å². The molecule has 3 aromatic carbocycles. The van der Waals surface area contributed by atoms with E-state index in [1.807, 2.05) is 67.6 Å². The van der Waals surface area contributed by atoms with Crippen molar-refractivity contribution in [3.8, 4) is 0 Å². The maximum absolute atomic E-state index is 12.9. The maximum atomic E-state index is 12.9. The fourth-order valence-electron chi connectivity index (χ4n) is 3.05. The number of nitrogens with one attached hydrogen (secondary N) is 1. The molecule has 0 saturated heterocycles. The van der Waals surface area contributed by atoms with Crippen molar-refractivity contribution >= 4 is 15.7 Å². The Hall–Kier alpha value is -3.06. The average molecular weight is 415 g/mol. The molecule has 0 atom stereocenters. The van der Waals surface area contributed by atoms with Gasteiger partial charge in [-0.2, -0.15) is 8.78 Å². The van der Waals surface area contributed by atoms with Crippen LogP contribution in [0.4, 0.5) is 8.78 Å². The smallest absolute Gasteiger partial charge is 0.339 e. The topological polar surface area (TPSA) is 63.2 Å². The van der Waals surface area contributed by atoms with Crippen molar-refractivity contribution in [3.05, 3.63) is 102 Å². The molecule has 3 aromatic rings. The van der Waals surface area contributed by atoms with Gasteiger partial charge in [0.2, 0.25) is 9.84 Å². The van der Waals surface area contributed by atoms with E-state index in [2.05, 4.69) is 5.32 Å². The van der Waals surface area contributed by atoms with E-state index in [9.17, 15) is 22.0 Å². The summed E-state index contributed by atoms with van der Waals surface area (Å²) in [5, 5.41) is 2.99. The Bertz CT molecular complexity index is 1040. The van der Waals surface area contributed by atoms with Gasteiger partial charge in [0.25, 0.3) is 5.91 Å². The van der Waals surface area contributed by atoms with E-state index in [0.29, 0.717) is 0 Å². The molecule has 7 heteroatoms. The van der Waals surface area contributed by atoms with Crippen LogP contribution >= 0.6 is 0 Å². The van der Waals surface area contributed by atoms with Crippen molar-refractivity contribution in [2.24, 2.45) is 0 Å². The number of amides is 1. The summed E-state index contributed by atoms with van der Waals surface area (Å²) in [5.41, 5.74) is 1.03. The number of carbonyl (C=O) groups excluding carboxylic acids is 1. The van der Waals surface area contributed by atoms with Gasteiger partial charge in [0.1, 0.15) is 0 Å². The fraction of sp³-hybridized carbons (Fsp3) is 0.136. The molecule has 1 amide bonds. The Labute approximate surface area is 168 Å². The van der Waals surface area contributed by atoms with E-state index in [-0.39, 0.29) is 5.56 Å². The second kappa shape index (κ2) is 8.13. The van der Waals surface area contributed by atoms with Gasteiger partial charge in [0.15, 0.2) is 0 Å². The second-order valence-electron chi connectivity index (χ2n) is 6.64. The lowest BCUT2D eigenvalue weighted by Gasteiger charge is -2.32. The third-order valence-corrected chi connectivity index (χ3v) is 6.14. The largest absolute Gasteiger partial charge is 0.341 e. The van der Waals surface area contributed by atoms with Crippen molar-refractivity contribution in [2.75, 3.05) is 0 Å². The lowest BCUT2D eigenvalue weighted by molar-refractivity contribution is 0.0919. The van der Waals surface area contributed by atoms with Crippen LogP contribution in [-0.4, -0.2) is 20.1 Å². The Morgan fingerprint density at radius 2 is 1.28 bits per heavy atom. The molecule has 0 unspecified atom stereocenters. The molecule has 0 radical (unpaired) electrons. The van der Waals surface area contributed by atoms with Gasteiger partial charge in [-0.05, 0) is 42.3 Å². The molecule has 150 valence electrons. The van der Waals surface area contributed by atoms with Gasteiger partial charge in [-0.1, -0.05) is 60.7 Å². The van der Waals surface area contributed by atoms with Crippen LogP contribution in [0.1, 0.15) is 28.4 Å². The summed E-state index contributed by atoms with van der Waals surface area (Å²) >= 11 is 0. The summed E-state index contributed by atoms with van der Waals surface area (Å²) in [5.74, 6) is -3.97. The zero-order valence-electron chi connectivity index (χ0n) is 15.5. The monoisotopic (exact) mass is 415 g/mol. The van der Waals surface area contributed by atoms with Crippen LogP contribution in [0.5, 0.6) is 0 Å². The molecular weight excluding hydrogens is 396 g/mol. The minimum Gasteiger partial charge on any atom is -0.339 e. The number of hydrogen-bond acceptors (Lipinski definition) is 3. The van der Waals surface area contributed by atoms with Gasteiger partial charge in [-0.3, -0.25) is 4.79 Å². The molecule has 4 nitrogen and oxygen atoms in total. The van der Waals surface area contributed by atoms with Crippen LogP contribution in [-0.2, 0) is 15.4 Å². The Balaban J connectivity index is 1.94. The first kappa shape index (κ1) is 20.7. The van der Waals surface area contributed by atoms with Crippen LogP contribution < -0.4 is 5.32 Å². The molecular formula is C22H19F2NO3S. The summed E-state index contributed by atoms with van der Waals surface area (Å²) in [4.78, 5) is 12.4. The lowest BCUT2D eigenvalue weighted by Crippen LogP contribution is -2.44. The highest BCUT2D eigenvalue weighted by Crippen LogP contribution is 2.29. The van der Waals surface area contributed by atoms with Crippen molar-refractivity contribution in [1.29, 1.82) is 0 Å². The molecule has 0 saturated carbocycles. The van der Waals surface area contributed by atoms with E-state index < -0.39 is 31.9 Å². The highest BCUT2D eigenvalue weighted by atomic mass is 32.2. The number of alkyl halides is 2. The van der Waals surface area contributed by atoms with Gasteiger partial charge in [-0.15, -0.1) is 0 Å². The molecule has 0 fully saturated rings. The predicted octanol–water partition coefficient (Wildman–Crippen LogP) is 4.38. The number of benzene rings is 3. The highest BCUT2D eigenvalue weighted by molar-refractivity contribution is 7.91. The third kappa shape index (κ3) is 4.19. The number of rotatable bonds is 6. The number of carbonyl (C=O) groups is 1. The summed E-state index contributed by atoms with van der Waals surface area (Å²) in [6, 6.07) is 23.3. The van der Waals surface area contributed by atoms with E-state index >= 15 is 0 Å². The second-order valence-corrected chi connectivity index (χ2v) is 8.56. The molecule has 0 aliphatic carbocycles. The molecule has 29 heavy (non-hydrogen) atoms. The first-order valence-electron chi connectivity index (χ1n) is 8.81. The quantitative estimate of drug-likeness (QED) is 0.650. The zero-order chi connectivity index (χ0) is 21.1. The minimum atomic E-state index is -4.71. The van der Waals surface area contributed by atoms with Crippen molar-refractivity contribution in [2.45, 2.75) is 23.1 Å². The van der Waals surface area contributed by atoms with E-state index in [1.165, 1.54) is 12.1 Å². The lowest BCUT2D eigenvalue weighted by atomic mass is 9.84. The summed E-state index contributed by atoms with van der Waals surface area (Å²) in [6.45, 7) is 1.87. The number of sulfone groups is 1. The van der Waals surface area contributed by atoms with Crippen LogP contribution in [0.15, 0.2) is 89.8 Å². The van der Waals surface area contributed by atoms with E-state index in [1.54, 1.807) is 0 Å². The SMILES string of the molecule is CC(NC(=O)c1ccc(S(=O)(=O)C(F)F)cc1)(c1ccccc1)c1ccccc1. The molecule has 0 spiro atoms. The molecule has 1 N–H and O–H groups in total. The standard InChI is InChI=1S/C22H19F2NO3S/c1-22(17-8-4-2-5-9-17,18-10-6-3-7-11-18)25-20(26)16-12-14-19(15-13-16)29(27,28)21(23)24/h2-15,21H,1H3,(H,25,26). The fourth-order valence-corrected chi connectivity index (χ4v) is 3.77. The predicted molar refractivity (Wildman–Crippen MR) is 106 cm³/mol. The van der Waals surface area contributed by atoms with Crippen molar-refractivity contribution in [1.82, 2.24) is 5.32 Å². The van der Waals surface area contributed by atoms with Gasteiger partial charge in [0.05, 0.1) is 10.4 Å². The van der Waals surface area contributed by atoms with Gasteiger partial charge in [0, 0.05) is 5.56 Å². The average Bonchev–Trinajstić information content (AvgIpc) is 2.75. The zero-order valence-corrected chi connectivity index (χ0v) is 16.4. The normalized spacial score (nSPS) is 12.0. The summed E-state index contributed by atoms with van der Waals surface area (Å²) in [7, 11) is -4.71. The molecule has 3 rings (SSSR count). The maximum Gasteiger partial charge on any atom is 0.341 e. The van der Waals surface area contributed by atoms with Gasteiger partial charge < -0.3 is 5.32 Å². The highest BCUT2D eigenvalue weighted by Gasteiger charge is 2.31. The van der Waals surface area contributed by atoms with Crippen LogP contribution in [0.25, 0.3) is 0 Å². The Kier molecular flexibility index (Phi) is 5.79. The molecule has 0 aliphatic heterocycles.